The molecule has 0 unspecified atom stereocenters. The zero-order valence-electron chi connectivity index (χ0n) is 13.3. The van der Waals surface area contributed by atoms with E-state index in [9.17, 15) is 9.59 Å². The molecule has 3 aromatic rings. The van der Waals surface area contributed by atoms with Crippen molar-refractivity contribution in [2.45, 2.75) is 0 Å². The first-order valence-electron chi connectivity index (χ1n) is 7.21. The number of nitrogens with zero attached hydrogens (tertiary/aromatic N) is 4. The molecule has 0 spiro atoms. The lowest BCUT2D eigenvalue weighted by atomic mass is 10.1. The van der Waals surface area contributed by atoms with Crippen LogP contribution in [0.2, 0.25) is 5.02 Å². The number of tetrazole rings is 1. The van der Waals surface area contributed by atoms with Crippen LogP contribution in [0.3, 0.4) is 0 Å². The second kappa shape index (κ2) is 7.63. The van der Waals surface area contributed by atoms with Crippen molar-refractivity contribution in [3.8, 4) is 5.69 Å². The van der Waals surface area contributed by atoms with E-state index in [1.54, 1.807) is 18.2 Å². The molecule has 0 bridgehead atoms. The van der Waals surface area contributed by atoms with Gasteiger partial charge in [-0.2, -0.15) is 4.68 Å². The molecule has 0 saturated heterocycles. The molecule has 132 valence electrons. The van der Waals surface area contributed by atoms with Crippen molar-refractivity contribution in [3.63, 3.8) is 0 Å². The fourth-order valence-corrected chi connectivity index (χ4v) is 2.79. The molecule has 3 rings (SSSR count). The molecule has 0 fully saturated rings. The van der Waals surface area contributed by atoms with E-state index < -0.39 is 11.9 Å². The molecule has 0 atom stereocenters. The summed E-state index contributed by atoms with van der Waals surface area (Å²) in [5.41, 5.74) is 1.18. The topological polar surface area (TPSA) is 99.0 Å². The minimum Gasteiger partial charge on any atom is -0.465 e. The van der Waals surface area contributed by atoms with E-state index in [0.717, 1.165) is 0 Å². The van der Waals surface area contributed by atoms with Gasteiger partial charge in [0.1, 0.15) is 6.33 Å². The van der Waals surface area contributed by atoms with Crippen molar-refractivity contribution in [2.24, 2.45) is 0 Å². The van der Waals surface area contributed by atoms with Crippen LogP contribution in [0.1, 0.15) is 20.7 Å². The number of methoxy groups -OCH3 is 1. The second-order valence-electron chi connectivity index (χ2n) is 5.05. The third kappa shape index (κ3) is 3.73. The average Bonchev–Trinajstić information content (AvgIpc) is 3.15. The highest BCUT2D eigenvalue weighted by atomic mass is 79.9. The number of carbonyl (C=O) groups is 2. The molecule has 0 radical (unpaired) electrons. The highest BCUT2D eigenvalue weighted by Crippen LogP contribution is 2.25. The lowest BCUT2D eigenvalue weighted by molar-refractivity contribution is 0.0602. The Balaban J connectivity index is 2.01. The van der Waals surface area contributed by atoms with Crippen LogP contribution in [0.5, 0.6) is 0 Å². The second-order valence-corrected chi connectivity index (χ2v) is 6.40. The monoisotopic (exact) mass is 435 g/mol. The zero-order chi connectivity index (χ0) is 18.7. The molecule has 26 heavy (non-hydrogen) atoms. The first kappa shape index (κ1) is 18.0. The van der Waals surface area contributed by atoms with Gasteiger partial charge in [0.15, 0.2) is 0 Å². The lowest BCUT2D eigenvalue weighted by Crippen LogP contribution is -2.18. The standard InChI is InChI=1S/C16H11BrClN5O3/c1-26-16(25)11-4-3-10(18)7-13(11)20-15(24)12-6-9(17)2-5-14(12)23-8-19-21-22-23/h2-8H,1H3,(H,20,24). The number of aromatic nitrogens is 4. The molecule has 10 heteroatoms. The molecule has 1 N–H and O–H groups in total. The Hall–Kier alpha value is -2.78. The van der Waals surface area contributed by atoms with E-state index in [1.165, 1.54) is 36.3 Å². The highest BCUT2D eigenvalue weighted by Gasteiger charge is 2.19. The van der Waals surface area contributed by atoms with Gasteiger partial charge in [-0.3, -0.25) is 4.79 Å². The first-order chi connectivity index (χ1) is 12.5. The molecular weight excluding hydrogens is 426 g/mol. The number of esters is 1. The summed E-state index contributed by atoms with van der Waals surface area (Å²) in [5.74, 6) is -1.06. The fourth-order valence-electron chi connectivity index (χ4n) is 2.26. The van der Waals surface area contributed by atoms with Crippen LogP contribution in [-0.4, -0.2) is 39.2 Å². The van der Waals surface area contributed by atoms with E-state index in [1.807, 2.05) is 0 Å². The molecule has 0 aliphatic carbocycles. The van der Waals surface area contributed by atoms with Crippen LogP contribution in [0.15, 0.2) is 47.2 Å². The fraction of sp³-hybridized carbons (Fsp3) is 0.0625. The predicted octanol–water partition coefficient (Wildman–Crippen LogP) is 3.12. The van der Waals surface area contributed by atoms with Gasteiger partial charge in [-0.1, -0.05) is 27.5 Å². The number of rotatable bonds is 4. The van der Waals surface area contributed by atoms with Crippen molar-refractivity contribution in [3.05, 3.63) is 63.3 Å². The quantitative estimate of drug-likeness (QED) is 0.631. The number of hydrogen-bond donors (Lipinski definition) is 1. The third-order valence-corrected chi connectivity index (χ3v) is 4.16. The Morgan fingerprint density at radius 2 is 2.00 bits per heavy atom. The number of anilines is 1. The third-order valence-electron chi connectivity index (χ3n) is 3.43. The molecule has 0 aliphatic rings. The zero-order valence-corrected chi connectivity index (χ0v) is 15.7. The summed E-state index contributed by atoms with van der Waals surface area (Å²) in [4.78, 5) is 24.8. The number of benzene rings is 2. The van der Waals surface area contributed by atoms with Gasteiger partial charge in [0, 0.05) is 9.50 Å². The normalized spacial score (nSPS) is 10.4. The van der Waals surface area contributed by atoms with Gasteiger partial charge >= 0.3 is 5.97 Å². The van der Waals surface area contributed by atoms with Crippen LogP contribution in [0, 0.1) is 0 Å². The molecule has 1 amide bonds. The summed E-state index contributed by atoms with van der Waals surface area (Å²) >= 11 is 9.33. The van der Waals surface area contributed by atoms with Gasteiger partial charge in [-0.15, -0.1) is 5.10 Å². The highest BCUT2D eigenvalue weighted by molar-refractivity contribution is 9.10. The van der Waals surface area contributed by atoms with Gasteiger partial charge in [0.2, 0.25) is 0 Å². The average molecular weight is 437 g/mol. The van der Waals surface area contributed by atoms with Gasteiger partial charge < -0.3 is 10.1 Å². The molecule has 8 nitrogen and oxygen atoms in total. The first-order valence-corrected chi connectivity index (χ1v) is 8.39. The Morgan fingerprint density at radius 1 is 1.19 bits per heavy atom. The molecule has 2 aromatic carbocycles. The van der Waals surface area contributed by atoms with E-state index in [4.69, 9.17) is 16.3 Å². The number of nitrogens with one attached hydrogen (secondary N) is 1. The minimum atomic E-state index is -0.591. The van der Waals surface area contributed by atoms with Crippen LogP contribution in [0.25, 0.3) is 5.69 Å². The van der Waals surface area contributed by atoms with E-state index in [-0.39, 0.29) is 11.3 Å². The summed E-state index contributed by atoms with van der Waals surface area (Å²) in [6, 6.07) is 9.55. The van der Waals surface area contributed by atoms with Crippen molar-refractivity contribution >= 4 is 45.1 Å². The maximum Gasteiger partial charge on any atom is 0.339 e. The summed E-state index contributed by atoms with van der Waals surface area (Å²) in [7, 11) is 1.26. The summed E-state index contributed by atoms with van der Waals surface area (Å²) in [6.45, 7) is 0. The number of amides is 1. The van der Waals surface area contributed by atoms with Crippen LogP contribution in [-0.2, 0) is 4.74 Å². The van der Waals surface area contributed by atoms with Crippen LogP contribution in [0.4, 0.5) is 5.69 Å². The van der Waals surface area contributed by atoms with Crippen molar-refractivity contribution < 1.29 is 14.3 Å². The summed E-state index contributed by atoms with van der Waals surface area (Å²) < 4.78 is 6.79. The molecular formula is C16H11BrClN5O3. The van der Waals surface area contributed by atoms with Gasteiger partial charge in [-0.25, -0.2) is 4.79 Å². The van der Waals surface area contributed by atoms with E-state index >= 15 is 0 Å². The predicted molar refractivity (Wildman–Crippen MR) is 97.6 cm³/mol. The number of ether oxygens (including phenoxy) is 1. The molecule has 1 aromatic heterocycles. The smallest absolute Gasteiger partial charge is 0.339 e. The Bertz CT molecular complexity index is 978. The molecule has 1 heterocycles. The largest absolute Gasteiger partial charge is 0.465 e. The van der Waals surface area contributed by atoms with Gasteiger partial charge in [0.05, 0.1) is 29.6 Å². The SMILES string of the molecule is COC(=O)c1ccc(Cl)cc1NC(=O)c1cc(Br)ccc1-n1cnnn1. The van der Waals surface area contributed by atoms with E-state index in [0.29, 0.717) is 20.7 Å². The van der Waals surface area contributed by atoms with E-state index in [2.05, 4.69) is 36.8 Å². The van der Waals surface area contributed by atoms with Gasteiger partial charge in [-0.05, 0) is 46.8 Å². The number of carbonyl (C=O) groups excluding carboxylic acids is 2. The van der Waals surface area contributed by atoms with Crippen LogP contribution >= 0.6 is 27.5 Å². The van der Waals surface area contributed by atoms with Crippen molar-refractivity contribution in [1.82, 2.24) is 20.2 Å². The maximum absolute atomic E-state index is 12.8. The Morgan fingerprint density at radius 3 is 2.69 bits per heavy atom. The minimum absolute atomic E-state index is 0.184. The summed E-state index contributed by atoms with van der Waals surface area (Å²) in [5, 5.41) is 14.0. The van der Waals surface area contributed by atoms with Crippen molar-refractivity contribution in [1.29, 1.82) is 0 Å². The maximum atomic E-state index is 12.8. The lowest BCUT2D eigenvalue weighted by Gasteiger charge is -2.13. The number of hydrogen-bond acceptors (Lipinski definition) is 6. The Kier molecular flexibility index (Phi) is 5.29. The number of halogens is 2. The molecule has 0 aliphatic heterocycles. The Labute approximate surface area is 161 Å². The summed E-state index contributed by atoms with van der Waals surface area (Å²) in [6.07, 6.45) is 1.37. The molecule has 0 saturated carbocycles. The van der Waals surface area contributed by atoms with Crippen molar-refractivity contribution in [2.75, 3.05) is 12.4 Å². The van der Waals surface area contributed by atoms with Crippen LogP contribution < -0.4 is 5.32 Å². The van der Waals surface area contributed by atoms with Gasteiger partial charge in [0.25, 0.3) is 5.91 Å².